The highest BCUT2D eigenvalue weighted by molar-refractivity contribution is 5.77. The number of fused-ring (bicyclic) bond motifs is 1. The predicted octanol–water partition coefficient (Wildman–Crippen LogP) is 2.62. The summed E-state index contributed by atoms with van der Waals surface area (Å²) in [6, 6.07) is 11.5. The molecule has 2 unspecified atom stereocenters. The van der Waals surface area contributed by atoms with Gasteiger partial charge in [-0.3, -0.25) is 4.90 Å². The van der Waals surface area contributed by atoms with Gasteiger partial charge in [0.2, 0.25) is 0 Å². The molecule has 1 aromatic carbocycles. The number of nitrogens with one attached hydrogen (secondary N) is 1. The largest absolute Gasteiger partial charge is 0.460 e. The average molecular weight is 244 g/mol. The third kappa shape index (κ3) is 2.28. The van der Waals surface area contributed by atoms with Crippen molar-refractivity contribution in [1.82, 2.24) is 10.2 Å². The van der Waals surface area contributed by atoms with Gasteiger partial charge in [-0.25, -0.2) is 0 Å². The molecule has 0 radical (unpaired) electrons. The number of rotatable bonds is 2. The molecule has 1 aromatic heterocycles. The minimum absolute atomic E-state index is 0.561. The summed E-state index contributed by atoms with van der Waals surface area (Å²) < 4.78 is 5.89. The highest BCUT2D eigenvalue weighted by Crippen LogP contribution is 2.21. The van der Waals surface area contributed by atoms with Crippen molar-refractivity contribution >= 4 is 11.0 Å². The van der Waals surface area contributed by atoms with Crippen LogP contribution in [0.2, 0.25) is 0 Å². The zero-order valence-corrected chi connectivity index (χ0v) is 11.0. The molecule has 1 aliphatic heterocycles. The van der Waals surface area contributed by atoms with Crippen molar-refractivity contribution in [3.63, 3.8) is 0 Å². The van der Waals surface area contributed by atoms with Crippen LogP contribution in [0.1, 0.15) is 19.6 Å². The first-order valence-corrected chi connectivity index (χ1v) is 6.67. The summed E-state index contributed by atoms with van der Waals surface area (Å²) in [5.74, 6) is 1.07. The number of benzene rings is 1. The Kier molecular flexibility index (Phi) is 3.10. The lowest BCUT2D eigenvalue weighted by atomic mass is 10.1. The fourth-order valence-electron chi connectivity index (χ4n) is 2.63. The van der Waals surface area contributed by atoms with E-state index in [1.54, 1.807) is 0 Å². The van der Waals surface area contributed by atoms with Crippen LogP contribution in [-0.2, 0) is 6.54 Å². The number of furan rings is 1. The van der Waals surface area contributed by atoms with E-state index in [0.29, 0.717) is 12.1 Å². The van der Waals surface area contributed by atoms with Crippen molar-refractivity contribution in [2.24, 2.45) is 0 Å². The highest BCUT2D eigenvalue weighted by Gasteiger charge is 2.23. The molecule has 96 valence electrons. The second-order valence-corrected chi connectivity index (χ2v) is 5.34. The lowest BCUT2D eigenvalue weighted by molar-refractivity contribution is 0.130. The summed E-state index contributed by atoms with van der Waals surface area (Å²) in [5.41, 5.74) is 0.989. The second-order valence-electron chi connectivity index (χ2n) is 5.34. The van der Waals surface area contributed by atoms with E-state index >= 15 is 0 Å². The average Bonchev–Trinajstić information content (AvgIpc) is 2.76. The zero-order chi connectivity index (χ0) is 12.5. The second kappa shape index (κ2) is 4.75. The van der Waals surface area contributed by atoms with Gasteiger partial charge in [0.05, 0.1) is 6.54 Å². The summed E-state index contributed by atoms with van der Waals surface area (Å²) in [6.45, 7) is 7.54. The Labute approximate surface area is 108 Å². The molecular formula is C15H20N2O. The molecule has 3 rings (SSSR count). The first kappa shape index (κ1) is 11.8. The first-order chi connectivity index (χ1) is 8.72. The lowest BCUT2D eigenvalue weighted by Crippen LogP contribution is -2.53. The molecule has 1 fully saturated rings. The van der Waals surface area contributed by atoms with Crippen molar-refractivity contribution < 1.29 is 4.42 Å². The number of hydrogen-bond acceptors (Lipinski definition) is 3. The summed E-state index contributed by atoms with van der Waals surface area (Å²) in [4.78, 5) is 2.48. The molecule has 1 N–H and O–H groups in total. The van der Waals surface area contributed by atoms with E-state index in [9.17, 15) is 0 Å². The van der Waals surface area contributed by atoms with Crippen LogP contribution < -0.4 is 5.32 Å². The van der Waals surface area contributed by atoms with Crippen molar-refractivity contribution in [3.05, 3.63) is 36.1 Å². The Bertz CT molecular complexity index is 501. The minimum Gasteiger partial charge on any atom is -0.460 e. The molecule has 2 heterocycles. The molecule has 2 atom stereocenters. The third-order valence-corrected chi connectivity index (χ3v) is 3.73. The van der Waals surface area contributed by atoms with Gasteiger partial charge in [-0.1, -0.05) is 18.2 Å². The van der Waals surface area contributed by atoms with Gasteiger partial charge in [0.25, 0.3) is 0 Å². The quantitative estimate of drug-likeness (QED) is 0.880. The summed E-state index contributed by atoms with van der Waals surface area (Å²) in [7, 11) is 0. The number of para-hydroxylation sites is 1. The zero-order valence-electron chi connectivity index (χ0n) is 11.0. The van der Waals surface area contributed by atoms with E-state index in [2.05, 4.69) is 42.3 Å². The summed E-state index contributed by atoms with van der Waals surface area (Å²) in [6.07, 6.45) is 0. The highest BCUT2D eigenvalue weighted by atomic mass is 16.3. The van der Waals surface area contributed by atoms with E-state index in [1.165, 1.54) is 5.39 Å². The van der Waals surface area contributed by atoms with Crippen LogP contribution in [0.25, 0.3) is 11.0 Å². The van der Waals surface area contributed by atoms with Gasteiger partial charge in [0.1, 0.15) is 11.3 Å². The van der Waals surface area contributed by atoms with Crippen LogP contribution in [0.5, 0.6) is 0 Å². The predicted molar refractivity (Wildman–Crippen MR) is 73.6 cm³/mol. The Balaban J connectivity index is 1.78. The lowest BCUT2D eigenvalue weighted by Gasteiger charge is -2.36. The van der Waals surface area contributed by atoms with Crippen molar-refractivity contribution in [3.8, 4) is 0 Å². The van der Waals surface area contributed by atoms with Crippen LogP contribution in [-0.4, -0.2) is 30.1 Å². The van der Waals surface area contributed by atoms with Crippen LogP contribution in [0.15, 0.2) is 34.7 Å². The van der Waals surface area contributed by atoms with Crippen LogP contribution in [0, 0.1) is 0 Å². The van der Waals surface area contributed by atoms with Crippen molar-refractivity contribution in [1.29, 1.82) is 0 Å². The first-order valence-electron chi connectivity index (χ1n) is 6.67. The SMILES string of the molecule is CC1CN(Cc2cc3ccccc3o2)C(C)CN1. The summed E-state index contributed by atoms with van der Waals surface area (Å²) >= 11 is 0. The van der Waals surface area contributed by atoms with Crippen molar-refractivity contribution in [2.45, 2.75) is 32.5 Å². The summed E-state index contributed by atoms with van der Waals surface area (Å²) in [5, 5.41) is 4.70. The third-order valence-electron chi connectivity index (χ3n) is 3.73. The van der Waals surface area contributed by atoms with Crippen molar-refractivity contribution in [2.75, 3.05) is 13.1 Å². The van der Waals surface area contributed by atoms with E-state index in [1.807, 2.05) is 12.1 Å². The van der Waals surface area contributed by atoms with Gasteiger partial charge in [-0.05, 0) is 26.0 Å². The Morgan fingerprint density at radius 2 is 2.17 bits per heavy atom. The fraction of sp³-hybridized carbons (Fsp3) is 0.467. The maximum Gasteiger partial charge on any atom is 0.134 e. The van der Waals surface area contributed by atoms with Gasteiger partial charge in [0, 0.05) is 30.6 Å². The number of piperazine rings is 1. The van der Waals surface area contributed by atoms with E-state index in [4.69, 9.17) is 4.42 Å². The normalized spacial score (nSPS) is 25.7. The topological polar surface area (TPSA) is 28.4 Å². The van der Waals surface area contributed by atoms with E-state index < -0.39 is 0 Å². The molecule has 2 aromatic rings. The minimum atomic E-state index is 0.561. The molecule has 3 nitrogen and oxygen atoms in total. The molecular weight excluding hydrogens is 224 g/mol. The Morgan fingerprint density at radius 3 is 3.00 bits per heavy atom. The van der Waals surface area contributed by atoms with Gasteiger partial charge >= 0.3 is 0 Å². The van der Waals surface area contributed by atoms with Crippen LogP contribution in [0.3, 0.4) is 0 Å². The van der Waals surface area contributed by atoms with Gasteiger partial charge in [-0.2, -0.15) is 0 Å². The number of nitrogens with zero attached hydrogens (tertiary/aromatic N) is 1. The molecule has 0 bridgehead atoms. The van der Waals surface area contributed by atoms with E-state index in [-0.39, 0.29) is 0 Å². The molecule has 18 heavy (non-hydrogen) atoms. The maximum atomic E-state index is 5.89. The number of hydrogen-bond donors (Lipinski definition) is 1. The molecule has 0 saturated carbocycles. The maximum absolute atomic E-state index is 5.89. The monoisotopic (exact) mass is 244 g/mol. The Morgan fingerprint density at radius 1 is 1.33 bits per heavy atom. The van der Waals surface area contributed by atoms with E-state index in [0.717, 1.165) is 31.0 Å². The molecule has 0 aliphatic carbocycles. The molecule has 1 aliphatic rings. The molecule has 0 spiro atoms. The molecule has 1 saturated heterocycles. The van der Waals surface area contributed by atoms with Gasteiger partial charge in [0.15, 0.2) is 0 Å². The molecule has 3 heteroatoms. The van der Waals surface area contributed by atoms with Gasteiger partial charge < -0.3 is 9.73 Å². The van der Waals surface area contributed by atoms with Crippen LogP contribution in [0.4, 0.5) is 0 Å². The Hall–Kier alpha value is -1.32. The standard InChI is InChI=1S/C15H20N2O/c1-11-9-17(12(2)8-16-11)10-14-7-13-5-3-4-6-15(13)18-14/h3-7,11-12,16H,8-10H2,1-2H3. The smallest absolute Gasteiger partial charge is 0.134 e. The van der Waals surface area contributed by atoms with Gasteiger partial charge in [-0.15, -0.1) is 0 Å². The molecule has 0 amide bonds. The fourth-order valence-corrected chi connectivity index (χ4v) is 2.63. The van der Waals surface area contributed by atoms with Crippen LogP contribution >= 0.6 is 0 Å².